The van der Waals surface area contributed by atoms with Gasteiger partial charge in [-0.1, -0.05) is 0 Å². The van der Waals surface area contributed by atoms with Gasteiger partial charge < -0.3 is 15.8 Å². The van der Waals surface area contributed by atoms with Crippen molar-refractivity contribution in [1.29, 1.82) is 0 Å². The molecule has 0 aliphatic rings. The molecule has 4 nitrogen and oxygen atoms in total. The number of hydrogen-bond acceptors (Lipinski definition) is 3. The molecular weight excluding hydrogens is 272 g/mol. The summed E-state index contributed by atoms with van der Waals surface area (Å²) in [6.45, 7) is 4.32. The zero-order chi connectivity index (χ0) is 12.1. The van der Waals surface area contributed by atoms with Crippen LogP contribution in [0.4, 0.5) is 11.4 Å². The van der Waals surface area contributed by atoms with Crippen molar-refractivity contribution in [2.75, 3.05) is 24.3 Å². The van der Waals surface area contributed by atoms with Crippen molar-refractivity contribution in [1.82, 2.24) is 0 Å². The second-order valence-corrected chi connectivity index (χ2v) is 4.25. The molecule has 0 saturated carbocycles. The average molecular weight is 287 g/mol. The van der Waals surface area contributed by atoms with Gasteiger partial charge in [-0.25, -0.2) is 0 Å². The number of amides is 1. The molecule has 0 fully saturated rings. The van der Waals surface area contributed by atoms with E-state index in [1.165, 1.54) is 0 Å². The molecule has 0 atom stereocenters. The van der Waals surface area contributed by atoms with Crippen molar-refractivity contribution < 1.29 is 9.53 Å². The van der Waals surface area contributed by atoms with Gasteiger partial charge in [0.1, 0.15) is 6.61 Å². The maximum atomic E-state index is 11.4. The lowest BCUT2D eigenvalue weighted by Crippen LogP contribution is -2.19. The van der Waals surface area contributed by atoms with Gasteiger partial charge in [0.15, 0.2) is 0 Å². The summed E-state index contributed by atoms with van der Waals surface area (Å²) >= 11 is 3.36. The quantitative estimate of drug-likeness (QED) is 0.835. The van der Waals surface area contributed by atoms with Gasteiger partial charge >= 0.3 is 0 Å². The Morgan fingerprint density at radius 3 is 2.81 bits per heavy atom. The second-order valence-electron chi connectivity index (χ2n) is 3.40. The van der Waals surface area contributed by atoms with Crippen LogP contribution in [0.1, 0.15) is 12.5 Å². The Labute approximate surface area is 103 Å². The number of hydrogen-bond donors (Lipinski definition) is 2. The third kappa shape index (κ3) is 3.50. The Kier molecular flexibility index (Phi) is 4.76. The van der Waals surface area contributed by atoms with E-state index < -0.39 is 0 Å². The van der Waals surface area contributed by atoms with E-state index in [9.17, 15) is 4.79 Å². The number of ether oxygens (including phenoxy) is 1. The van der Waals surface area contributed by atoms with Crippen molar-refractivity contribution in [3.8, 4) is 0 Å². The van der Waals surface area contributed by atoms with E-state index in [2.05, 4.69) is 21.2 Å². The fraction of sp³-hybridized carbons (Fsp3) is 0.364. The van der Waals surface area contributed by atoms with E-state index in [1.807, 2.05) is 19.9 Å². The minimum absolute atomic E-state index is 0.0380. The molecule has 88 valence electrons. The van der Waals surface area contributed by atoms with E-state index in [1.54, 1.807) is 6.07 Å². The Morgan fingerprint density at radius 2 is 2.25 bits per heavy atom. The zero-order valence-electron chi connectivity index (χ0n) is 9.34. The van der Waals surface area contributed by atoms with Gasteiger partial charge in [0.25, 0.3) is 0 Å². The minimum Gasteiger partial charge on any atom is -0.397 e. The molecule has 1 amide bonds. The second kappa shape index (κ2) is 5.86. The molecular formula is C11H15BrN2O2. The molecule has 0 radical (unpaired) electrons. The van der Waals surface area contributed by atoms with E-state index in [-0.39, 0.29) is 12.5 Å². The van der Waals surface area contributed by atoms with E-state index in [0.29, 0.717) is 18.0 Å². The summed E-state index contributed by atoms with van der Waals surface area (Å²) in [6, 6.07) is 3.70. The first-order valence-corrected chi connectivity index (χ1v) is 5.77. The van der Waals surface area contributed by atoms with Crippen LogP contribution < -0.4 is 11.1 Å². The number of nitrogen functional groups attached to an aromatic ring is 1. The van der Waals surface area contributed by atoms with E-state index >= 15 is 0 Å². The van der Waals surface area contributed by atoms with Crippen LogP contribution in [0.5, 0.6) is 0 Å². The first-order valence-electron chi connectivity index (χ1n) is 4.97. The number of anilines is 2. The summed E-state index contributed by atoms with van der Waals surface area (Å²) in [5.41, 5.74) is 7.98. The predicted octanol–water partition coefficient (Wildman–Crippen LogP) is 2.31. The number of carbonyl (C=O) groups is 1. The first-order chi connectivity index (χ1) is 7.54. The van der Waals surface area contributed by atoms with Crippen LogP contribution in [0.15, 0.2) is 16.6 Å². The highest BCUT2D eigenvalue weighted by molar-refractivity contribution is 9.10. The standard InChI is InChI=1S/C11H15BrN2O2/c1-3-16-6-10(15)14-11-8(12)4-7(2)5-9(11)13/h4-5H,3,6,13H2,1-2H3,(H,14,15). The van der Waals surface area contributed by atoms with Crippen LogP contribution in [-0.2, 0) is 9.53 Å². The lowest BCUT2D eigenvalue weighted by molar-refractivity contribution is -0.120. The Bertz CT molecular complexity index is 371. The van der Waals surface area contributed by atoms with Crippen molar-refractivity contribution in [2.24, 2.45) is 0 Å². The maximum absolute atomic E-state index is 11.4. The molecule has 0 aromatic heterocycles. The molecule has 5 heteroatoms. The van der Waals surface area contributed by atoms with Crippen LogP contribution in [0.2, 0.25) is 0 Å². The fourth-order valence-corrected chi connectivity index (χ4v) is 1.96. The van der Waals surface area contributed by atoms with E-state index in [0.717, 1.165) is 10.0 Å². The molecule has 1 aromatic carbocycles. The lowest BCUT2D eigenvalue weighted by atomic mass is 10.2. The van der Waals surface area contributed by atoms with Crippen LogP contribution in [0.3, 0.4) is 0 Å². The zero-order valence-corrected chi connectivity index (χ0v) is 10.9. The van der Waals surface area contributed by atoms with Gasteiger partial charge in [0.2, 0.25) is 5.91 Å². The van der Waals surface area contributed by atoms with E-state index in [4.69, 9.17) is 10.5 Å². The van der Waals surface area contributed by atoms with Crippen molar-refractivity contribution in [3.63, 3.8) is 0 Å². The number of nitrogens with one attached hydrogen (secondary N) is 1. The highest BCUT2D eigenvalue weighted by Crippen LogP contribution is 2.30. The molecule has 16 heavy (non-hydrogen) atoms. The van der Waals surface area contributed by atoms with Gasteiger partial charge in [-0.05, 0) is 47.5 Å². The van der Waals surface area contributed by atoms with Crippen molar-refractivity contribution in [3.05, 3.63) is 22.2 Å². The van der Waals surface area contributed by atoms with Crippen LogP contribution in [0.25, 0.3) is 0 Å². The molecule has 1 rings (SSSR count). The van der Waals surface area contributed by atoms with Gasteiger partial charge in [-0.3, -0.25) is 4.79 Å². The number of nitrogens with two attached hydrogens (primary N) is 1. The van der Waals surface area contributed by atoms with Gasteiger partial charge in [0.05, 0.1) is 11.4 Å². The molecule has 0 unspecified atom stereocenters. The molecule has 3 N–H and O–H groups in total. The lowest BCUT2D eigenvalue weighted by Gasteiger charge is -2.11. The molecule has 0 saturated heterocycles. The first kappa shape index (κ1) is 13.0. The number of aryl methyl sites for hydroxylation is 1. The molecule has 0 aliphatic heterocycles. The Hall–Kier alpha value is -1.07. The Balaban J connectivity index is 2.77. The van der Waals surface area contributed by atoms with Crippen LogP contribution in [-0.4, -0.2) is 19.1 Å². The summed E-state index contributed by atoms with van der Waals surface area (Å²) in [7, 11) is 0. The highest BCUT2D eigenvalue weighted by atomic mass is 79.9. The summed E-state index contributed by atoms with van der Waals surface area (Å²) in [6.07, 6.45) is 0. The van der Waals surface area contributed by atoms with Crippen LogP contribution in [0, 0.1) is 6.92 Å². The third-order valence-electron chi connectivity index (χ3n) is 1.97. The topological polar surface area (TPSA) is 64.3 Å². The monoisotopic (exact) mass is 286 g/mol. The van der Waals surface area contributed by atoms with Gasteiger partial charge in [-0.2, -0.15) is 0 Å². The molecule has 0 spiro atoms. The number of rotatable bonds is 4. The smallest absolute Gasteiger partial charge is 0.250 e. The summed E-state index contributed by atoms with van der Waals surface area (Å²) in [4.78, 5) is 11.4. The fourth-order valence-electron chi connectivity index (χ4n) is 1.27. The summed E-state index contributed by atoms with van der Waals surface area (Å²) < 4.78 is 5.78. The number of carbonyl (C=O) groups excluding carboxylic acids is 1. The molecule has 0 bridgehead atoms. The molecule has 1 aromatic rings. The summed E-state index contributed by atoms with van der Waals surface area (Å²) in [5, 5.41) is 2.70. The molecule has 0 aliphatic carbocycles. The average Bonchev–Trinajstić information content (AvgIpc) is 2.20. The van der Waals surface area contributed by atoms with Crippen molar-refractivity contribution >= 4 is 33.2 Å². The van der Waals surface area contributed by atoms with Gasteiger partial charge in [0, 0.05) is 11.1 Å². The SMILES string of the molecule is CCOCC(=O)Nc1c(N)cc(C)cc1Br. The minimum atomic E-state index is -0.210. The van der Waals surface area contributed by atoms with Crippen LogP contribution >= 0.6 is 15.9 Å². The van der Waals surface area contributed by atoms with Gasteiger partial charge in [-0.15, -0.1) is 0 Å². The van der Waals surface area contributed by atoms with Crippen molar-refractivity contribution in [2.45, 2.75) is 13.8 Å². The number of halogens is 1. The number of benzene rings is 1. The third-order valence-corrected chi connectivity index (χ3v) is 2.59. The molecule has 0 heterocycles. The maximum Gasteiger partial charge on any atom is 0.250 e. The summed E-state index contributed by atoms with van der Waals surface area (Å²) in [5.74, 6) is -0.210. The highest BCUT2D eigenvalue weighted by Gasteiger charge is 2.09. The predicted molar refractivity (Wildman–Crippen MR) is 68.4 cm³/mol. The largest absolute Gasteiger partial charge is 0.397 e. The normalized spacial score (nSPS) is 10.2. The Morgan fingerprint density at radius 1 is 1.56 bits per heavy atom.